The van der Waals surface area contributed by atoms with Crippen molar-refractivity contribution in [2.75, 3.05) is 11.9 Å². The molecular weight excluding hydrogens is 310 g/mol. The van der Waals surface area contributed by atoms with Crippen LogP contribution in [0, 0.1) is 20.8 Å². The Morgan fingerprint density at radius 1 is 1.17 bits per heavy atom. The van der Waals surface area contributed by atoms with Crippen LogP contribution in [-0.2, 0) is 16.0 Å². The smallest absolute Gasteiger partial charge is 0.348 e. The Kier molecular flexibility index (Phi) is 5.55. The van der Waals surface area contributed by atoms with Crippen molar-refractivity contribution in [1.29, 1.82) is 0 Å². The van der Waals surface area contributed by atoms with Crippen molar-refractivity contribution < 1.29 is 14.3 Å². The third-order valence-corrected chi connectivity index (χ3v) is 5.12. The van der Waals surface area contributed by atoms with Crippen LogP contribution < -0.4 is 5.32 Å². The van der Waals surface area contributed by atoms with E-state index in [1.807, 2.05) is 52.0 Å². The van der Waals surface area contributed by atoms with Crippen LogP contribution in [-0.4, -0.2) is 18.5 Å². The summed E-state index contributed by atoms with van der Waals surface area (Å²) in [6, 6.07) is 7.51. The van der Waals surface area contributed by atoms with E-state index in [0.717, 1.165) is 33.7 Å². The van der Waals surface area contributed by atoms with Gasteiger partial charge in [0.1, 0.15) is 4.88 Å². The fourth-order valence-electron chi connectivity index (χ4n) is 2.25. The number of benzene rings is 1. The summed E-state index contributed by atoms with van der Waals surface area (Å²) >= 11 is 1.42. The lowest BCUT2D eigenvalue weighted by atomic mass is 10.1. The molecular formula is C18H21NO3S. The van der Waals surface area contributed by atoms with Gasteiger partial charge in [-0.15, -0.1) is 11.3 Å². The van der Waals surface area contributed by atoms with E-state index in [2.05, 4.69) is 5.32 Å². The van der Waals surface area contributed by atoms with E-state index < -0.39 is 5.97 Å². The number of esters is 1. The number of aryl methyl sites for hydroxylation is 3. The summed E-state index contributed by atoms with van der Waals surface area (Å²) in [6.45, 7) is 7.66. The number of anilines is 1. The SMILES string of the molecule is CCc1sc(C(=O)OCC(=O)Nc2cccc(C)c2C)cc1C. The Hall–Kier alpha value is -2.14. The lowest BCUT2D eigenvalue weighted by Crippen LogP contribution is -2.21. The minimum absolute atomic E-state index is 0.287. The van der Waals surface area contributed by atoms with Crippen LogP contribution in [0.2, 0.25) is 0 Å². The van der Waals surface area contributed by atoms with Gasteiger partial charge in [0.2, 0.25) is 0 Å². The number of ether oxygens (including phenoxy) is 1. The third kappa shape index (κ3) is 4.20. The topological polar surface area (TPSA) is 55.4 Å². The van der Waals surface area contributed by atoms with E-state index in [0.29, 0.717) is 4.88 Å². The zero-order valence-corrected chi connectivity index (χ0v) is 14.7. The van der Waals surface area contributed by atoms with Gasteiger partial charge in [0.25, 0.3) is 5.91 Å². The molecule has 0 bridgehead atoms. The molecule has 1 heterocycles. The summed E-state index contributed by atoms with van der Waals surface area (Å²) < 4.78 is 5.10. The summed E-state index contributed by atoms with van der Waals surface area (Å²) in [6.07, 6.45) is 0.886. The maximum Gasteiger partial charge on any atom is 0.348 e. The molecule has 1 aromatic heterocycles. The van der Waals surface area contributed by atoms with Crippen LogP contribution in [0.4, 0.5) is 5.69 Å². The molecule has 0 spiro atoms. The van der Waals surface area contributed by atoms with Gasteiger partial charge in [-0.25, -0.2) is 4.79 Å². The third-order valence-electron chi connectivity index (χ3n) is 3.76. The monoisotopic (exact) mass is 331 g/mol. The van der Waals surface area contributed by atoms with Crippen molar-refractivity contribution >= 4 is 28.9 Å². The minimum atomic E-state index is -0.450. The maximum atomic E-state index is 12.0. The van der Waals surface area contributed by atoms with Gasteiger partial charge in [0, 0.05) is 10.6 Å². The van der Waals surface area contributed by atoms with E-state index in [9.17, 15) is 9.59 Å². The highest BCUT2D eigenvalue weighted by Crippen LogP contribution is 2.23. The molecule has 4 nitrogen and oxygen atoms in total. The molecule has 0 unspecified atom stereocenters. The number of thiophene rings is 1. The van der Waals surface area contributed by atoms with Gasteiger partial charge in [-0.3, -0.25) is 4.79 Å². The van der Waals surface area contributed by atoms with Crippen LogP contribution in [0.25, 0.3) is 0 Å². The summed E-state index contributed by atoms with van der Waals surface area (Å²) in [5.74, 6) is -0.787. The van der Waals surface area contributed by atoms with Crippen LogP contribution in [0.15, 0.2) is 24.3 Å². The van der Waals surface area contributed by atoms with Crippen LogP contribution in [0.5, 0.6) is 0 Å². The highest BCUT2D eigenvalue weighted by molar-refractivity contribution is 7.14. The number of nitrogens with one attached hydrogen (secondary N) is 1. The zero-order chi connectivity index (χ0) is 17.0. The van der Waals surface area contributed by atoms with Crippen molar-refractivity contribution in [3.05, 3.63) is 50.7 Å². The average Bonchev–Trinajstić information content (AvgIpc) is 2.90. The van der Waals surface area contributed by atoms with E-state index in [4.69, 9.17) is 4.74 Å². The highest BCUT2D eigenvalue weighted by atomic mass is 32.1. The highest BCUT2D eigenvalue weighted by Gasteiger charge is 2.15. The first-order chi connectivity index (χ1) is 10.9. The summed E-state index contributed by atoms with van der Waals surface area (Å²) in [4.78, 5) is 25.7. The van der Waals surface area contributed by atoms with E-state index in [1.54, 1.807) is 0 Å². The molecule has 2 aromatic rings. The van der Waals surface area contributed by atoms with Gasteiger partial charge in [-0.05, 0) is 56.0 Å². The lowest BCUT2D eigenvalue weighted by molar-refractivity contribution is -0.119. The molecule has 5 heteroatoms. The summed E-state index contributed by atoms with van der Waals surface area (Å²) in [5.41, 5.74) is 3.94. The molecule has 0 fully saturated rings. The van der Waals surface area contributed by atoms with Gasteiger partial charge < -0.3 is 10.1 Å². The molecule has 2 rings (SSSR count). The predicted octanol–water partition coefficient (Wildman–Crippen LogP) is 4.03. The number of amides is 1. The molecule has 0 atom stereocenters. The van der Waals surface area contributed by atoms with E-state index >= 15 is 0 Å². The first-order valence-corrected chi connectivity index (χ1v) is 8.36. The maximum absolute atomic E-state index is 12.0. The number of carbonyl (C=O) groups excluding carboxylic acids is 2. The molecule has 1 N–H and O–H groups in total. The van der Waals surface area contributed by atoms with Crippen LogP contribution in [0.1, 0.15) is 38.2 Å². The van der Waals surface area contributed by atoms with Crippen molar-refractivity contribution in [1.82, 2.24) is 0 Å². The van der Waals surface area contributed by atoms with Crippen molar-refractivity contribution in [2.45, 2.75) is 34.1 Å². The Morgan fingerprint density at radius 3 is 2.57 bits per heavy atom. The van der Waals surface area contributed by atoms with Gasteiger partial charge in [0.05, 0.1) is 0 Å². The number of hydrogen-bond acceptors (Lipinski definition) is 4. The van der Waals surface area contributed by atoms with Crippen molar-refractivity contribution in [3.8, 4) is 0 Å². The fourth-order valence-corrected chi connectivity index (χ4v) is 3.25. The van der Waals surface area contributed by atoms with Gasteiger partial charge in [-0.2, -0.15) is 0 Å². The molecule has 0 aliphatic carbocycles. The summed E-state index contributed by atoms with van der Waals surface area (Å²) in [5, 5.41) is 2.77. The van der Waals surface area contributed by atoms with Crippen molar-refractivity contribution in [2.24, 2.45) is 0 Å². The second kappa shape index (κ2) is 7.42. The molecule has 23 heavy (non-hydrogen) atoms. The lowest BCUT2D eigenvalue weighted by Gasteiger charge is -2.10. The minimum Gasteiger partial charge on any atom is -0.451 e. The molecule has 0 radical (unpaired) electrons. The Balaban J connectivity index is 1.93. The second-order valence-corrected chi connectivity index (χ2v) is 6.58. The fraction of sp³-hybridized carbons (Fsp3) is 0.333. The first-order valence-electron chi connectivity index (χ1n) is 7.54. The number of hydrogen-bond donors (Lipinski definition) is 1. The van der Waals surface area contributed by atoms with Gasteiger partial charge in [-0.1, -0.05) is 19.1 Å². The molecule has 1 aromatic carbocycles. The first kappa shape index (κ1) is 17.2. The van der Waals surface area contributed by atoms with Crippen LogP contribution >= 0.6 is 11.3 Å². The molecule has 1 amide bonds. The normalized spacial score (nSPS) is 10.4. The molecule has 0 aliphatic heterocycles. The molecule has 0 saturated carbocycles. The van der Waals surface area contributed by atoms with E-state index in [1.165, 1.54) is 11.3 Å². The van der Waals surface area contributed by atoms with Crippen molar-refractivity contribution in [3.63, 3.8) is 0 Å². The number of carbonyl (C=O) groups is 2. The Labute approximate surface area is 140 Å². The molecule has 0 saturated heterocycles. The molecule has 0 aliphatic rings. The predicted molar refractivity (Wildman–Crippen MR) is 93.3 cm³/mol. The average molecular weight is 331 g/mol. The van der Waals surface area contributed by atoms with Gasteiger partial charge in [0.15, 0.2) is 6.61 Å². The number of rotatable bonds is 5. The standard InChI is InChI=1S/C18H21NO3S/c1-5-15-12(3)9-16(23-15)18(21)22-10-17(20)19-14-8-6-7-11(2)13(14)4/h6-9H,5,10H2,1-4H3,(H,19,20). The van der Waals surface area contributed by atoms with Crippen LogP contribution in [0.3, 0.4) is 0 Å². The summed E-state index contributed by atoms with van der Waals surface area (Å²) in [7, 11) is 0. The molecule has 122 valence electrons. The zero-order valence-electron chi connectivity index (χ0n) is 13.9. The largest absolute Gasteiger partial charge is 0.451 e. The quantitative estimate of drug-likeness (QED) is 0.842. The van der Waals surface area contributed by atoms with Gasteiger partial charge >= 0.3 is 5.97 Å². The Morgan fingerprint density at radius 2 is 1.91 bits per heavy atom. The van der Waals surface area contributed by atoms with E-state index in [-0.39, 0.29) is 12.5 Å². The second-order valence-electron chi connectivity index (χ2n) is 5.44. The Bertz CT molecular complexity index is 734.